The smallest absolute Gasteiger partial charge is 0.168 e. The van der Waals surface area contributed by atoms with E-state index in [4.69, 9.17) is 10.3 Å². The van der Waals surface area contributed by atoms with Crippen molar-refractivity contribution in [1.29, 1.82) is 5.53 Å². The van der Waals surface area contributed by atoms with Crippen LogP contribution in [0, 0.1) is 10.9 Å². The third-order valence-corrected chi connectivity index (χ3v) is 3.51. The van der Waals surface area contributed by atoms with Gasteiger partial charge in [-0.2, -0.15) is 5.11 Å². The zero-order chi connectivity index (χ0) is 11.7. The predicted molar refractivity (Wildman–Crippen MR) is 63.1 cm³/mol. The first kappa shape index (κ1) is 14.6. The Hall–Kier alpha value is -0.440. The molecule has 0 rings (SSSR count). The number of nitrogens with zero attached hydrogens (tertiary/aromatic N) is 1. The molecule has 0 spiro atoms. The minimum Gasteiger partial charge on any atom is -0.354 e. The van der Waals surface area contributed by atoms with Crippen molar-refractivity contribution in [3.63, 3.8) is 0 Å². The number of hydrogen-bond donors (Lipinski definition) is 1. The molecule has 15 heavy (non-hydrogen) atoms. The Morgan fingerprint density at radius 2 is 1.67 bits per heavy atom. The van der Waals surface area contributed by atoms with Crippen LogP contribution in [-0.4, -0.2) is 12.8 Å². The molecule has 0 aromatic carbocycles. The first-order valence-corrected chi connectivity index (χ1v) is 6.16. The Balaban J connectivity index is 4.12. The lowest BCUT2D eigenvalue weighted by atomic mass is 9.81. The Kier molecular flexibility index (Phi) is 7.57. The summed E-state index contributed by atoms with van der Waals surface area (Å²) >= 11 is 0. The van der Waals surface area contributed by atoms with Gasteiger partial charge in [0.25, 0.3) is 0 Å². The molecule has 0 aromatic heterocycles. The minimum absolute atomic E-state index is 0.223. The second kappa shape index (κ2) is 7.80. The summed E-state index contributed by atoms with van der Waals surface area (Å²) in [6.45, 7) is 9.47. The van der Waals surface area contributed by atoms with E-state index in [0.717, 1.165) is 38.7 Å². The second-order valence-corrected chi connectivity index (χ2v) is 4.24. The molecule has 0 aliphatic carbocycles. The van der Waals surface area contributed by atoms with E-state index in [0.29, 0.717) is 0 Å². The van der Waals surface area contributed by atoms with Crippen molar-refractivity contribution in [3.8, 4) is 0 Å². The zero-order valence-corrected chi connectivity index (χ0v) is 10.7. The van der Waals surface area contributed by atoms with E-state index in [1.807, 2.05) is 0 Å². The van der Waals surface area contributed by atoms with Crippen LogP contribution in [0.25, 0.3) is 0 Å². The van der Waals surface area contributed by atoms with Gasteiger partial charge >= 0.3 is 0 Å². The summed E-state index contributed by atoms with van der Waals surface area (Å²) in [4.78, 5) is 0. The summed E-state index contributed by atoms with van der Waals surface area (Å²) in [6.07, 6.45) is 5.06. The highest BCUT2D eigenvalue weighted by atomic mass is 16.5. The highest BCUT2D eigenvalue weighted by molar-refractivity contribution is 4.74. The van der Waals surface area contributed by atoms with Crippen LogP contribution < -0.4 is 0 Å². The molecule has 0 amide bonds. The van der Waals surface area contributed by atoms with E-state index in [-0.39, 0.29) is 11.6 Å². The van der Waals surface area contributed by atoms with Crippen molar-refractivity contribution >= 4 is 0 Å². The monoisotopic (exact) mass is 214 g/mol. The first-order valence-electron chi connectivity index (χ1n) is 6.16. The van der Waals surface area contributed by atoms with Crippen LogP contribution in [0.5, 0.6) is 0 Å². The average Bonchev–Trinajstić information content (AvgIpc) is 2.30. The lowest BCUT2D eigenvalue weighted by molar-refractivity contribution is -0.0195. The minimum atomic E-state index is -0.223. The van der Waals surface area contributed by atoms with Crippen LogP contribution in [0.4, 0.5) is 0 Å². The van der Waals surface area contributed by atoms with Gasteiger partial charge < -0.3 is 4.74 Å². The van der Waals surface area contributed by atoms with Gasteiger partial charge in [0.05, 0.1) is 6.61 Å². The van der Waals surface area contributed by atoms with Gasteiger partial charge in [0.15, 0.2) is 6.23 Å². The number of hydrogen-bond acceptors (Lipinski definition) is 3. The Bertz CT molecular complexity index is 159. The standard InChI is InChI=1S/C12H26N2O/c1-5-9-11(14-13)15-10-12(6-2,7-3)8-4/h11,13H,5-10H2,1-4H3. The van der Waals surface area contributed by atoms with Gasteiger partial charge in [0.2, 0.25) is 0 Å². The van der Waals surface area contributed by atoms with Crippen LogP contribution in [-0.2, 0) is 4.74 Å². The lowest BCUT2D eigenvalue weighted by Gasteiger charge is -2.31. The molecular formula is C12H26N2O. The Morgan fingerprint density at radius 1 is 1.13 bits per heavy atom. The molecule has 1 N–H and O–H groups in total. The van der Waals surface area contributed by atoms with Gasteiger partial charge in [-0.1, -0.05) is 34.1 Å². The number of ether oxygens (including phenoxy) is 1. The van der Waals surface area contributed by atoms with Crippen LogP contribution >= 0.6 is 0 Å². The zero-order valence-electron chi connectivity index (χ0n) is 10.7. The van der Waals surface area contributed by atoms with Crippen LogP contribution in [0.3, 0.4) is 0 Å². The molecule has 1 atom stereocenters. The summed E-state index contributed by atoms with van der Waals surface area (Å²) in [5.74, 6) is 0. The Morgan fingerprint density at radius 3 is 2.00 bits per heavy atom. The topological polar surface area (TPSA) is 45.4 Å². The molecule has 1 unspecified atom stereocenters. The van der Waals surface area contributed by atoms with Gasteiger partial charge in [-0.25, -0.2) is 5.53 Å². The van der Waals surface area contributed by atoms with Crippen molar-refractivity contribution in [2.45, 2.75) is 66.0 Å². The van der Waals surface area contributed by atoms with Crippen LogP contribution in [0.15, 0.2) is 5.11 Å². The molecule has 0 aromatic rings. The number of nitrogens with one attached hydrogen (secondary N) is 1. The summed E-state index contributed by atoms with van der Waals surface area (Å²) < 4.78 is 5.72. The molecule has 0 radical (unpaired) electrons. The number of rotatable bonds is 9. The van der Waals surface area contributed by atoms with Crippen LogP contribution in [0.2, 0.25) is 0 Å². The fraction of sp³-hybridized carbons (Fsp3) is 1.00. The van der Waals surface area contributed by atoms with Gasteiger partial charge in [0.1, 0.15) is 0 Å². The SMILES string of the molecule is CCCC(N=N)OCC(CC)(CC)CC. The van der Waals surface area contributed by atoms with Crippen molar-refractivity contribution in [2.24, 2.45) is 10.5 Å². The van der Waals surface area contributed by atoms with Gasteiger partial charge in [0, 0.05) is 0 Å². The summed E-state index contributed by atoms with van der Waals surface area (Å²) in [6, 6.07) is 0. The average molecular weight is 214 g/mol. The van der Waals surface area contributed by atoms with Gasteiger partial charge in [-0.15, -0.1) is 0 Å². The maximum atomic E-state index is 7.04. The molecule has 90 valence electrons. The highest BCUT2D eigenvalue weighted by Gasteiger charge is 2.25. The maximum Gasteiger partial charge on any atom is 0.168 e. The third-order valence-electron chi connectivity index (χ3n) is 3.51. The van der Waals surface area contributed by atoms with Crippen LogP contribution in [0.1, 0.15) is 59.8 Å². The van der Waals surface area contributed by atoms with E-state index in [2.05, 4.69) is 32.8 Å². The molecular weight excluding hydrogens is 188 g/mol. The third kappa shape index (κ3) is 4.74. The Labute approximate surface area is 94.1 Å². The quantitative estimate of drug-likeness (QED) is 0.569. The van der Waals surface area contributed by atoms with E-state index in [1.165, 1.54) is 0 Å². The fourth-order valence-corrected chi connectivity index (χ4v) is 1.76. The molecule has 0 aliphatic rings. The molecule has 0 saturated heterocycles. The van der Waals surface area contributed by atoms with E-state index in [1.54, 1.807) is 0 Å². The van der Waals surface area contributed by atoms with Gasteiger partial charge in [-0.3, -0.25) is 0 Å². The summed E-state index contributed by atoms with van der Waals surface area (Å²) in [7, 11) is 0. The van der Waals surface area contributed by atoms with Crippen molar-refractivity contribution in [1.82, 2.24) is 0 Å². The van der Waals surface area contributed by atoms with E-state index in [9.17, 15) is 0 Å². The normalized spacial score (nSPS) is 13.9. The molecule has 0 bridgehead atoms. The van der Waals surface area contributed by atoms with E-state index < -0.39 is 0 Å². The maximum absolute atomic E-state index is 7.04. The molecule has 3 nitrogen and oxygen atoms in total. The predicted octanol–water partition coefficient (Wildman–Crippen LogP) is 4.38. The summed E-state index contributed by atoms with van der Waals surface area (Å²) in [5, 5.41) is 3.51. The molecule has 3 heteroatoms. The molecule has 0 aliphatic heterocycles. The molecule has 0 saturated carbocycles. The van der Waals surface area contributed by atoms with Gasteiger partial charge in [-0.05, 0) is 31.1 Å². The highest BCUT2D eigenvalue weighted by Crippen LogP contribution is 2.31. The first-order chi connectivity index (χ1) is 7.17. The fourth-order valence-electron chi connectivity index (χ4n) is 1.76. The van der Waals surface area contributed by atoms with Crippen molar-refractivity contribution < 1.29 is 4.74 Å². The second-order valence-electron chi connectivity index (χ2n) is 4.24. The molecule has 0 fully saturated rings. The van der Waals surface area contributed by atoms with E-state index >= 15 is 0 Å². The largest absolute Gasteiger partial charge is 0.354 e. The molecule has 0 heterocycles. The lowest BCUT2D eigenvalue weighted by Crippen LogP contribution is -2.27. The van der Waals surface area contributed by atoms with Crippen molar-refractivity contribution in [3.05, 3.63) is 0 Å². The van der Waals surface area contributed by atoms with Crippen molar-refractivity contribution in [2.75, 3.05) is 6.61 Å². The summed E-state index contributed by atoms with van der Waals surface area (Å²) in [5.41, 5.74) is 7.33.